The maximum atomic E-state index is 15.3. The van der Waals surface area contributed by atoms with Crippen molar-refractivity contribution in [1.29, 1.82) is 0 Å². The van der Waals surface area contributed by atoms with E-state index in [0.29, 0.717) is 22.4 Å². The maximum Gasteiger partial charge on any atom is 0.267 e. The Bertz CT molecular complexity index is 1310. The number of ether oxygens (including phenoxy) is 2. The number of halogens is 1. The fourth-order valence-corrected chi connectivity index (χ4v) is 6.61. The summed E-state index contributed by atoms with van der Waals surface area (Å²) in [5.74, 6) is -1.14. The Balaban J connectivity index is 2.00. The third kappa shape index (κ3) is 3.13. The number of methoxy groups -OCH3 is 1. The Kier molecular flexibility index (Phi) is 5.25. The smallest absolute Gasteiger partial charge is 0.267 e. The van der Waals surface area contributed by atoms with Crippen LogP contribution in [0.4, 0.5) is 4.39 Å². The van der Waals surface area contributed by atoms with Crippen LogP contribution in [0.5, 0.6) is 5.75 Å². The van der Waals surface area contributed by atoms with Crippen molar-refractivity contribution in [3.8, 4) is 16.9 Å². The summed E-state index contributed by atoms with van der Waals surface area (Å²) in [4.78, 5) is 20.4. The zero-order chi connectivity index (χ0) is 24.3. The molecule has 2 aliphatic heterocycles. The molecule has 4 rings (SSSR count). The average molecular weight is 477 g/mol. The van der Waals surface area contributed by atoms with Crippen LogP contribution in [0.15, 0.2) is 29.4 Å². The van der Waals surface area contributed by atoms with Crippen molar-refractivity contribution in [2.45, 2.75) is 36.3 Å². The van der Waals surface area contributed by atoms with Crippen molar-refractivity contribution in [3.05, 3.63) is 47.0 Å². The van der Waals surface area contributed by atoms with Gasteiger partial charge in [0.15, 0.2) is 9.84 Å². The molecule has 0 spiro atoms. The monoisotopic (exact) mass is 476 g/mol. The van der Waals surface area contributed by atoms with E-state index in [-0.39, 0.29) is 30.3 Å². The van der Waals surface area contributed by atoms with Gasteiger partial charge in [-0.1, -0.05) is 6.07 Å². The van der Waals surface area contributed by atoms with Gasteiger partial charge < -0.3 is 20.9 Å². The van der Waals surface area contributed by atoms with E-state index in [0.717, 1.165) is 0 Å². The third-order valence-corrected chi connectivity index (χ3v) is 9.52. The van der Waals surface area contributed by atoms with Crippen LogP contribution < -0.4 is 16.2 Å². The largest absolute Gasteiger partial charge is 0.494 e. The van der Waals surface area contributed by atoms with Gasteiger partial charge in [-0.05, 0) is 44.0 Å². The lowest BCUT2D eigenvalue weighted by Crippen LogP contribution is -2.60. The van der Waals surface area contributed by atoms with Crippen LogP contribution >= 0.6 is 0 Å². The van der Waals surface area contributed by atoms with Crippen LogP contribution in [-0.2, 0) is 20.1 Å². The first-order valence-corrected chi connectivity index (χ1v) is 11.7. The molecule has 2 aliphatic rings. The van der Waals surface area contributed by atoms with E-state index >= 15 is 4.39 Å². The van der Waals surface area contributed by atoms with E-state index < -0.39 is 37.1 Å². The number of hydrogen-bond donors (Lipinski definition) is 2. The van der Waals surface area contributed by atoms with Crippen LogP contribution in [0, 0.1) is 12.7 Å². The lowest BCUT2D eigenvalue weighted by Gasteiger charge is -2.41. The molecule has 0 unspecified atom stereocenters. The number of carbonyl (C=O) groups is 1. The van der Waals surface area contributed by atoms with Crippen LogP contribution in [0.25, 0.3) is 11.1 Å². The molecule has 2 aromatic rings. The van der Waals surface area contributed by atoms with Gasteiger partial charge in [0.25, 0.3) is 5.91 Å². The molecule has 9 nitrogen and oxygen atoms in total. The van der Waals surface area contributed by atoms with Gasteiger partial charge in [0, 0.05) is 11.1 Å². The number of benzene rings is 1. The van der Waals surface area contributed by atoms with Gasteiger partial charge in [-0.2, -0.15) is 0 Å². The van der Waals surface area contributed by atoms with Crippen LogP contribution in [0.3, 0.4) is 0 Å². The Morgan fingerprint density at radius 2 is 2.03 bits per heavy atom. The fraction of sp³-hybridized carbons (Fsp3) is 0.409. The number of fused-ring (bicyclic) bond motifs is 1. The van der Waals surface area contributed by atoms with Gasteiger partial charge >= 0.3 is 0 Å². The highest BCUT2D eigenvalue weighted by Crippen LogP contribution is 2.48. The summed E-state index contributed by atoms with van der Waals surface area (Å²) >= 11 is 0. The Morgan fingerprint density at radius 1 is 1.33 bits per heavy atom. The molecule has 0 radical (unpaired) electrons. The standard InChI is InChI=1S/C22H25FN4O5S/c1-11-17(15(31-4)8-26-18(11)19(24)28)12-5-6-14(23)13(7-12)22-10-32-9-16(22)33(29,30)21(2,3)20(25)27-22/h5-8,16H,9-10H2,1-4H3,(H2,24,28)(H2,25,27)/t16-,22+/m0/s1. The van der Waals surface area contributed by atoms with Gasteiger partial charge in [-0.3, -0.25) is 9.79 Å². The lowest BCUT2D eigenvalue weighted by molar-refractivity contribution is 0.0995. The third-order valence-electron chi connectivity index (χ3n) is 6.61. The first kappa shape index (κ1) is 23.1. The van der Waals surface area contributed by atoms with Crippen molar-refractivity contribution >= 4 is 21.6 Å². The van der Waals surface area contributed by atoms with Crippen molar-refractivity contribution in [2.24, 2.45) is 16.5 Å². The number of amides is 1. The molecule has 1 aromatic heterocycles. The minimum Gasteiger partial charge on any atom is -0.494 e. The predicted molar refractivity (Wildman–Crippen MR) is 120 cm³/mol. The van der Waals surface area contributed by atoms with Gasteiger partial charge in [-0.15, -0.1) is 0 Å². The summed E-state index contributed by atoms with van der Waals surface area (Å²) in [5, 5.41) is -1.11. The Labute approximate surface area is 190 Å². The minimum atomic E-state index is -3.87. The van der Waals surface area contributed by atoms with Crippen LogP contribution in [0.1, 0.15) is 35.5 Å². The molecule has 0 bridgehead atoms. The molecular weight excluding hydrogens is 451 g/mol. The molecule has 33 heavy (non-hydrogen) atoms. The van der Waals surface area contributed by atoms with Crippen LogP contribution in [0.2, 0.25) is 0 Å². The molecule has 3 heterocycles. The molecule has 176 valence electrons. The number of hydrogen-bond acceptors (Lipinski definition) is 8. The zero-order valence-electron chi connectivity index (χ0n) is 18.7. The number of nitrogens with zero attached hydrogens (tertiary/aromatic N) is 2. The van der Waals surface area contributed by atoms with Crippen molar-refractivity contribution in [2.75, 3.05) is 20.3 Å². The minimum absolute atomic E-state index is 0.0309. The second-order valence-electron chi connectivity index (χ2n) is 8.71. The number of nitrogens with two attached hydrogens (primary N) is 2. The van der Waals surface area contributed by atoms with Crippen LogP contribution in [-0.4, -0.2) is 55.5 Å². The van der Waals surface area contributed by atoms with Gasteiger partial charge in [-0.25, -0.2) is 17.8 Å². The summed E-state index contributed by atoms with van der Waals surface area (Å²) in [7, 11) is -2.43. The van der Waals surface area contributed by atoms with Crippen molar-refractivity contribution in [3.63, 3.8) is 0 Å². The molecule has 1 aromatic carbocycles. The fourth-order valence-electron chi connectivity index (χ4n) is 4.53. The number of amidine groups is 1. The molecule has 1 saturated heterocycles. The molecule has 1 amide bonds. The number of sulfone groups is 1. The summed E-state index contributed by atoms with van der Waals surface area (Å²) in [6.45, 7) is 4.33. The zero-order valence-corrected chi connectivity index (χ0v) is 19.5. The normalized spacial score (nSPS) is 25.2. The Hall–Kier alpha value is -3.05. The number of rotatable bonds is 4. The highest BCUT2D eigenvalue weighted by atomic mass is 32.2. The quantitative estimate of drug-likeness (QED) is 0.679. The van der Waals surface area contributed by atoms with Gasteiger partial charge in [0.1, 0.15) is 38.6 Å². The number of aromatic nitrogens is 1. The molecule has 0 aliphatic carbocycles. The molecule has 11 heteroatoms. The highest BCUT2D eigenvalue weighted by Gasteiger charge is 2.62. The lowest BCUT2D eigenvalue weighted by atomic mass is 9.85. The summed E-state index contributed by atoms with van der Waals surface area (Å²) in [5.41, 5.74) is 11.5. The van der Waals surface area contributed by atoms with Gasteiger partial charge in [0.05, 0.1) is 26.5 Å². The molecular formula is C22H25FN4O5S. The van der Waals surface area contributed by atoms with E-state index in [2.05, 4.69) is 9.98 Å². The highest BCUT2D eigenvalue weighted by molar-refractivity contribution is 7.94. The van der Waals surface area contributed by atoms with E-state index in [1.165, 1.54) is 45.4 Å². The first-order chi connectivity index (χ1) is 15.4. The second-order valence-corrected chi connectivity index (χ2v) is 11.4. The first-order valence-electron chi connectivity index (χ1n) is 10.2. The van der Waals surface area contributed by atoms with E-state index in [4.69, 9.17) is 20.9 Å². The second kappa shape index (κ2) is 7.49. The van der Waals surface area contributed by atoms with E-state index in [1.807, 2.05) is 0 Å². The van der Waals surface area contributed by atoms with E-state index in [1.54, 1.807) is 6.92 Å². The summed E-state index contributed by atoms with van der Waals surface area (Å²) in [6.07, 6.45) is 1.36. The number of pyridine rings is 1. The number of primary amides is 1. The van der Waals surface area contributed by atoms with Crippen molar-refractivity contribution in [1.82, 2.24) is 4.98 Å². The topological polar surface area (TPSA) is 147 Å². The molecule has 1 fully saturated rings. The Morgan fingerprint density at radius 3 is 2.67 bits per heavy atom. The summed E-state index contributed by atoms with van der Waals surface area (Å²) in [6, 6.07) is 4.22. The average Bonchev–Trinajstić information content (AvgIpc) is 3.18. The predicted octanol–water partition coefficient (Wildman–Crippen LogP) is 1.46. The number of aliphatic imine (C=N–C) groups is 1. The van der Waals surface area contributed by atoms with Gasteiger partial charge in [0.2, 0.25) is 0 Å². The van der Waals surface area contributed by atoms with Crippen molar-refractivity contribution < 1.29 is 27.1 Å². The maximum absolute atomic E-state index is 15.3. The molecule has 4 N–H and O–H groups in total. The summed E-state index contributed by atoms with van der Waals surface area (Å²) < 4.78 is 51.6. The van der Waals surface area contributed by atoms with E-state index in [9.17, 15) is 13.2 Å². The molecule has 2 atom stereocenters. The number of carbonyl (C=O) groups excluding carboxylic acids is 1. The molecule has 0 saturated carbocycles. The SMILES string of the molecule is COc1cnc(C(N)=O)c(C)c1-c1ccc(F)c([C@]23COC[C@@H]2S(=O)(=O)C(C)(C)C(N)=N3)c1.